The van der Waals surface area contributed by atoms with E-state index in [2.05, 4.69) is 26.6 Å². The highest BCUT2D eigenvalue weighted by molar-refractivity contribution is 5.91. The molecular weight excluding hydrogens is 738 g/mol. The second-order valence-electron chi connectivity index (χ2n) is 14.9. The fraction of sp³-hybridized carbons (Fsp3) is 0.463. The molecule has 0 aliphatic carbocycles. The number of amides is 4. The molecule has 0 fully saturated rings. The topological polar surface area (TPSA) is 226 Å². The van der Waals surface area contributed by atoms with Crippen molar-refractivity contribution in [1.29, 1.82) is 0 Å². The monoisotopic (exact) mass is 795 g/mol. The van der Waals surface area contributed by atoms with Crippen molar-refractivity contribution in [3.05, 3.63) is 77.4 Å². The van der Waals surface area contributed by atoms with Gasteiger partial charge in [0.05, 0.1) is 40.6 Å². The first-order valence-corrected chi connectivity index (χ1v) is 18.4. The van der Waals surface area contributed by atoms with Gasteiger partial charge in [0.25, 0.3) is 0 Å². The molecule has 0 aliphatic rings. The van der Waals surface area contributed by atoms with Crippen LogP contribution in [0.1, 0.15) is 51.3 Å². The molecule has 16 heteroatoms. The van der Waals surface area contributed by atoms with E-state index in [4.69, 9.17) is 18.9 Å². The van der Waals surface area contributed by atoms with Crippen LogP contribution in [0.5, 0.6) is 28.7 Å². The molecule has 0 spiro atoms. The molecule has 0 aliphatic heterocycles. The van der Waals surface area contributed by atoms with Crippen LogP contribution in [0.2, 0.25) is 0 Å². The molecule has 0 saturated carbocycles. The van der Waals surface area contributed by atoms with Crippen molar-refractivity contribution < 1.29 is 53.4 Å². The number of aliphatic hydroxyl groups is 1. The number of nitrogens with one attached hydrogen (secondary N) is 5. The lowest BCUT2D eigenvalue weighted by molar-refractivity contribution is -0.134. The Morgan fingerprint density at radius 1 is 0.702 bits per heavy atom. The lowest BCUT2D eigenvalue weighted by atomic mass is 9.85. The summed E-state index contributed by atoms with van der Waals surface area (Å²) in [5.74, 6) is -0.959. The van der Waals surface area contributed by atoms with Gasteiger partial charge in [0.15, 0.2) is 11.5 Å². The number of methoxy groups -OCH3 is 4. The van der Waals surface area contributed by atoms with E-state index >= 15 is 0 Å². The van der Waals surface area contributed by atoms with E-state index in [0.717, 1.165) is 0 Å². The van der Waals surface area contributed by atoms with Gasteiger partial charge >= 0.3 is 6.09 Å². The Morgan fingerprint density at radius 3 is 1.88 bits per heavy atom. The van der Waals surface area contributed by atoms with E-state index in [0.29, 0.717) is 39.7 Å². The van der Waals surface area contributed by atoms with Crippen LogP contribution in [0, 0.1) is 11.3 Å². The highest BCUT2D eigenvalue weighted by atomic mass is 16.5. The summed E-state index contributed by atoms with van der Waals surface area (Å²) in [5.41, 5.74) is 0.786. The number of aliphatic hydroxyl groups excluding tert-OH is 1. The zero-order valence-electron chi connectivity index (χ0n) is 34.0. The van der Waals surface area contributed by atoms with Crippen LogP contribution < -0.4 is 45.5 Å². The van der Waals surface area contributed by atoms with Crippen LogP contribution in [0.4, 0.5) is 4.79 Å². The van der Waals surface area contributed by atoms with Crippen LogP contribution in [0.15, 0.2) is 60.7 Å². The minimum Gasteiger partial charge on any atom is -0.507 e. The van der Waals surface area contributed by atoms with Crippen molar-refractivity contribution in [2.75, 3.05) is 28.4 Å². The average molecular weight is 796 g/mol. The van der Waals surface area contributed by atoms with E-state index in [1.54, 1.807) is 89.2 Å². The molecule has 8 N–H and O–H groups in total. The number of rotatable bonds is 20. The van der Waals surface area contributed by atoms with Gasteiger partial charge < -0.3 is 55.5 Å². The summed E-state index contributed by atoms with van der Waals surface area (Å²) >= 11 is 0. The number of hydrogen-bond acceptors (Lipinski definition) is 11. The highest BCUT2D eigenvalue weighted by Gasteiger charge is 2.39. The summed E-state index contributed by atoms with van der Waals surface area (Å²) in [4.78, 5) is 53.6. The van der Waals surface area contributed by atoms with Crippen molar-refractivity contribution in [3.8, 4) is 28.7 Å². The van der Waals surface area contributed by atoms with Gasteiger partial charge in [-0.25, -0.2) is 4.79 Å². The van der Waals surface area contributed by atoms with Crippen LogP contribution >= 0.6 is 0 Å². The molecule has 57 heavy (non-hydrogen) atoms. The fourth-order valence-corrected chi connectivity index (χ4v) is 6.13. The maximum atomic E-state index is 14.4. The zero-order valence-corrected chi connectivity index (χ0v) is 34.0. The largest absolute Gasteiger partial charge is 0.507 e. The Kier molecular flexibility index (Phi) is 16.8. The molecule has 3 aromatic rings. The van der Waals surface area contributed by atoms with Gasteiger partial charge in [-0.05, 0) is 41.5 Å². The van der Waals surface area contributed by atoms with E-state index < -0.39 is 65.4 Å². The molecule has 16 nitrogen and oxygen atoms in total. The number of benzene rings is 3. The number of aromatic hydroxyl groups is 1. The van der Waals surface area contributed by atoms with E-state index in [-0.39, 0.29) is 25.3 Å². The van der Waals surface area contributed by atoms with E-state index in [1.807, 2.05) is 0 Å². The number of carbonyl (C=O) groups excluding carboxylic acids is 3. The van der Waals surface area contributed by atoms with Gasteiger partial charge in [-0.2, -0.15) is 0 Å². The molecule has 0 heterocycles. The second-order valence-corrected chi connectivity index (χ2v) is 14.9. The van der Waals surface area contributed by atoms with Crippen molar-refractivity contribution in [2.24, 2.45) is 11.3 Å². The molecule has 312 valence electrons. The lowest BCUT2D eigenvalue weighted by Crippen LogP contribution is -2.63. The minimum absolute atomic E-state index is 0.0439. The summed E-state index contributed by atoms with van der Waals surface area (Å²) < 4.78 is 21.6. The number of carbonyl (C=O) groups is 4. The van der Waals surface area contributed by atoms with Gasteiger partial charge in [0.1, 0.15) is 35.4 Å². The van der Waals surface area contributed by atoms with Crippen LogP contribution in [-0.2, 0) is 33.9 Å². The van der Waals surface area contributed by atoms with Gasteiger partial charge in [-0.1, -0.05) is 65.0 Å². The maximum Gasteiger partial charge on any atom is 0.405 e. The number of phenols is 1. The molecule has 0 saturated heterocycles. The summed E-state index contributed by atoms with van der Waals surface area (Å²) in [6, 6.07) is 11.9. The third kappa shape index (κ3) is 12.9. The summed E-state index contributed by atoms with van der Waals surface area (Å²) in [5, 5.41) is 46.0. The molecule has 0 aromatic heterocycles. The first-order valence-electron chi connectivity index (χ1n) is 18.4. The molecule has 0 unspecified atom stereocenters. The van der Waals surface area contributed by atoms with Crippen molar-refractivity contribution in [1.82, 2.24) is 26.6 Å². The normalized spacial score (nSPS) is 13.9. The predicted octanol–water partition coefficient (Wildman–Crippen LogP) is 3.11. The van der Waals surface area contributed by atoms with Crippen molar-refractivity contribution in [2.45, 2.75) is 84.4 Å². The van der Waals surface area contributed by atoms with Crippen molar-refractivity contribution >= 4 is 23.8 Å². The zero-order chi connectivity index (χ0) is 42.4. The summed E-state index contributed by atoms with van der Waals surface area (Å²) in [7, 11) is 5.87. The summed E-state index contributed by atoms with van der Waals surface area (Å²) in [6.07, 6.45) is -3.02. The Bertz CT molecular complexity index is 1820. The standard InChI is InChI=1S/C41H57N5O11/c1-23(2)33(37(49)43-21-25-15-16-27(54-6)19-29(25)47)45-38(50)34(42-22-26-18-31(56-8)32(57-9)20-30(26)55-7)35(48)28(17-24-13-11-10-12-14-24)44-39(51)36(41(3,4)5)46-40(52)53/h10-16,18-20,23,28,33-36,42,46-48H,17,21-22H2,1-9H3,(H,43,49)(H,44,51)(H,45,50)(H,52,53)/t28-,33-,34+,35+,36+/m0/s1. The van der Waals surface area contributed by atoms with Gasteiger partial charge in [0, 0.05) is 36.3 Å². The second kappa shape index (κ2) is 21.0. The number of phenolic OH excluding ortho intramolecular Hbond substituents is 1. The van der Waals surface area contributed by atoms with E-state index in [9.17, 15) is 34.5 Å². The molecule has 4 amide bonds. The van der Waals surface area contributed by atoms with Crippen molar-refractivity contribution in [3.63, 3.8) is 0 Å². The quantitative estimate of drug-likeness (QED) is 0.0826. The third-order valence-corrected chi connectivity index (χ3v) is 9.35. The molecular formula is C41H57N5O11. The van der Waals surface area contributed by atoms with Gasteiger partial charge in [0.2, 0.25) is 17.7 Å². The minimum atomic E-state index is -1.65. The van der Waals surface area contributed by atoms with Gasteiger partial charge in [-0.15, -0.1) is 0 Å². The Balaban J connectivity index is 2.04. The maximum absolute atomic E-state index is 14.4. The average Bonchev–Trinajstić information content (AvgIpc) is 3.17. The van der Waals surface area contributed by atoms with Crippen LogP contribution in [0.25, 0.3) is 0 Å². The highest BCUT2D eigenvalue weighted by Crippen LogP contribution is 2.34. The van der Waals surface area contributed by atoms with Crippen LogP contribution in [-0.4, -0.2) is 97.8 Å². The van der Waals surface area contributed by atoms with Gasteiger partial charge in [-0.3, -0.25) is 19.7 Å². The predicted molar refractivity (Wildman–Crippen MR) is 212 cm³/mol. The molecule has 5 atom stereocenters. The smallest absolute Gasteiger partial charge is 0.405 e. The lowest BCUT2D eigenvalue weighted by Gasteiger charge is -2.35. The molecule has 3 aromatic carbocycles. The third-order valence-electron chi connectivity index (χ3n) is 9.35. The molecule has 0 bridgehead atoms. The number of carboxylic acid groups (broad SMARTS) is 1. The Hall–Kier alpha value is -5.74. The SMILES string of the molecule is COc1ccc(CNC(=O)[C@@H](NC(=O)[C@H](NCc2cc(OC)c(OC)cc2OC)[C@H](O)[C@H](Cc2ccccc2)NC(=O)[C@@H](NC(=O)O)C(C)(C)C)C(C)C)c(O)c1. The number of ether oxygens (including phenoxy) is 4. The van der Waals surface area contributed by atoms with E-state index in [1.165, 1.54) is 34.5 Å². The molecule has 3 rings (SSSR count). The fourth-order valence-electron chi connectivity index (χ4n) is 6.13. The first-order chi connectivity index (χ1) is 26.9. The summed E-state index contributed by atoms with van der Waals surface area (Å²) in [6.45, 7) is 8.44. The first kappa shape index (κ1) is 45.6. The Labute approximate surface area is 333 Å². The molecule has 0 radical (unpaired) electrons. The number of hydrogen-bond donors (Lipinski definition) is 8. The van der Waals surface area contributed by atoms with Crippen LogP contribution in [0.3, 0.4) is 0 Å². The Morgan fingerprint density at radius 2 is 1.33 bits per heavy atom.